The van der Waals surface area contributed by atoms with Gasteiger partial charge in [0.25, 0.3) is 0 Å². The predicted octanol–water partition coefficient (Wildman–Crippen LogP) is 2.42. The third-order valence-electron chi connectivity index (χ3n) is 1.16. The third kappa shape index (κ3) is 1.41. The highest BCUT2D eigenvalue weighted by Gasteiger charge is 1.96. The van der Waals surface area contributed by atoms with Gasteiger partial charge >= 0.3 is 0 Å². The van der Waals surface area contributed by atoms with Crippen molar-refractivity contribution in [2.45, 2.75) is 5.88 Å². The van der Waals surface area contributed by atoms with E-state index in [9.17, 15) is 0 Å². The number of aromatic nitrogens is 1. The van der Waals surface area contributed by atoms with Gasteiger partial charge in [0.05, 0.1) is 0 Å². The smallest absolute Gasteiger partial charge is 0.108 e. The molecule has 0 aliphatic carbocycles. The SMILES string of the molecule is Cn1cc(CCl)cc1Cl. The molecule has 3 heteroatoms. The van der Waals surface area contributed by atoms with Gasteiger partial charge in [-0.15, -0.1) is 11.6 Å². The van der Waals surface area contributed by atoms with E-state index in [-0.39, 0.29) is 0 Å². The Morgan fingerprint density at radius 1 is 1.67 bits per heavy atom. The molecule has 0 atom stereocenters. The van der Waals surface area contributed by atoms with Crippen LogP contribution >= 0.6 is 23.2 Å². The van der Waals surface area contributed by atoms with Crippen LogP contribution in [0.15, 0.2) is 12.3 Å². The number of nitrogens with zero attached hydrogens (tertiary/aromatic N) is 1. The summed E-state index contributed by atoms with van der Waals surface area (Å²) in [5.41, 5.74) is 1.06. The standard InChI is InChI=1S/C6H7Cl2N/c1-9-4-5(3-7)2-6(9)8/h2,4H,3H2,1H3. The minimum Gasteiger partial charge on any atom is -0.342 e. The van der Waals surface area contributed by atoms with Crippen LogP contribution in [0.25, 0.3) is 0 Å². The van der Waals surface area contributed by atoms with E-state index in [1.54, 1.807) is 0 Å². The average Bonchev–Trinajstić information content (AvgIpc) is 2.13. The summed E-state index contributed by atoms with van der Waals surface area (Å²) in [5, 5.41) is 0.727. The lowest BCUT2D eigenvalue weighted by molar-refractivity contribution is 0.925. The second kappa shape index (κ2) is 2.63. The molecule has 1 heterocycles. The van der Waals surface area contributed by atoms with Gasteiger partial charge in [0, 0.05) is 19.1 Å². The van der Waals surface area contributed by atoms with E-state index in [4.69, 9.17) is 23.2 Å². The second-order valence-electron chi connectivity index (χ2n) is 1.92. The summed E-state index contributed by atoms with van der Waals surface area (Å²) in [6.07, 6.45) is 1.91. The number of rotatable bonds is 1. The molecule has 1 rings (SSSR count). The molecule has 50 valence electrons. The Balaban J connectivity index is 2.98. The van der Waals surface area contributed by atoms with Crippen molar-refractivity contribution < 1.29 is 0 Å². The molecule has 1 aromatic rings. The van der Waals surface area contributed by atoms with E-state index in [0.717, 1.165) is 10.7 Å². The van der Waals surface area contributed by atoms with Gasteiger partial charge in [0.1, 0.15) is 5.15 Å². The van der Waals surface area contributed by atoms with E-state index in [0.29, 0.717) is 5.88 Å². The number of alkyl halides is 1. The molecular formula is C6H7Cl2N. The van der Waals surface area contributed by atoms with Gasteiger partial charge in [-0.1, -0.05) is 11.6 Å². The Morgan fingerprint density at radius 2 is 2.33 bits per heavy atom. The monoisotopic (exact) mass is 163 g/mol. The summed E-state index contributed by atoms with van der Waals surface area (Å²) >= 11 is 11.3. The van der Waals surface area contributed by atoms with Gasteiger partial charge in [-0.05, 0) is 11.6 Å². The molecule has 0 bridgehead atoms. The van der Waals surface area contributed by atoms with Crippen molar-refractivity contribution in [1.82, 2.24) is 4.57 Å². The highest BCUT2D eigenvalue weighted by Crippen LogP contribution is 2.13. The topological polar surface area (TPSA) is 4.93 Å². The summed E-state index contributed by atoms with van der Waals surface area (Å²) in [5.74, 6) is 0.528. The molecule has 0 saturated heterocycles. The molecule has 1 nitrogen and oxygen atoms in total. The van der Waals surface area contributed by atoms with Crippen LogP contribution in [-0.2, 0) is 12.9 Å². The van der Waals surface area contributed by atoms with Crippen LogP contribution in [0.1, 0.15) is 5.56 Å². The lowest BCUT2D eigenvalue weighted by Gasteiger charge is -1.87. The lowest BCUT2D eigenvalue weighted by Crippen LogP contribution is -1.81. The van der Waals surface area contributed by atoms with Crippen LogP contribution in [-0.4, -0.2) is 4.57 Å². The van der Waals surface area contributed by atoms with Crippen LogP contribution < -0.4 is 0 Å². The first kappa shape index (κ1) is 6.97. The van der Waals surface area contributed by atoms with Crippen molar-refractivity contribution in [2.24, 2.45) is 7.05 Å². The van der Waals surface area contributed by atoms with Gasteiger partial charge in [0.2, 0.25) is 0 Å². The molecule has 0 aliphatic heterocycles. The molecule has 0 saturated carbocycles. The number of hydrogen-bond donors (Lipinski definition) is 0. The van der Waals surface area contributed by atoms with Crippen LogP contribution in [0.5, 0.6) is 0 Å². The molecule has 0 N–H and O–H groups in total. The zero-order chi connectivity index (χ0) is 6.85. The maximum Gasteiger partial charge on any atom is 0.108 e. The quantitative estimate of drug-likeness (QED) is 0.561. The van der Waals surface area contributed by atoms with Crippen molar-refractivity contribution in [3.8, 4) is 0 Å². The van der Waals surface area contributed by atoms with Crippen molar-refractivity contribution in [1.29, 1.82) is 0 Å². The fourth-order valence-electron chi connectivity index (χ4n) is 0.676. The molecule has 0 aromatic carbocycles. The van der Waals surface area contributed by atoms with Crippen LogP contribution in [0.3, 0.4) is 0 Å². The number of aryl methyl sites for hydroxylation is 1. The van der Waals surface area contributed by atoms with E-state index in [1.807, 2.05) is 23.9 Å². The van der Waals surface area contributed by atoms with Crippen LogP contribution in [0.4, 0.5) is 0 Å². The van der Waals surface area contributed by atoms with E-state index in [1.165, 1.54) is 0 Å². The minimum atomic E-state index is 0.528. The first-order valence-electron chi connectivity index (χ1n) is 2.60. The molecule has 0 fully saturated rings. The average molecular weight is 164 g/mol. The fourth-order valence-corrected chi connectivity index (χ4v) is 1.01. The Morgan fingerprint density at radius 3 is 2.56 bits per heavy atom. The van der Waals surface area contributed by atoms with Gasteiger partial charge < -0.3 is 4.57 Å². The first-order valence-corrected chi connectivity index (χ1v) is 3.52. The number of halogens is 2. The summed E-state index contributed by atoms with van der Waals surface area (Å²) in [4.78, 5) is 0. The van der Waals surface area contributed by atoms with Gasteiger partial charge in [-0.25, -0.2) is 0 Å². The highest BCUT2D eigenvalue weighted by atomic mass is 35.5. The molecule has 9 heavy (non-hydrogen) atoms. The molecular weight excluding hydrogens is 157 g/mol. The third-order valence-corrected chi connectivity index (χ3v) is 1.84. The van der Waals surface area contributed by atoms with Crippen LogP contribution in [0.2, 0.25) is 5.15 Å². The van der Waals surface area contributed by atoms with E-state index < -0.39 is 0 Å². The summed E-state index contributed by atoms with van der Waals surface area (Å²) < 4.78 is 1.83. The highest BCUT2D eigenvalue weighted by molar-refractivity contribution is 6.29. The maximum absolute atomic E-state index is 5.71. The van der Waals surface area contributed by atoms with Crippen molar-refractivity contribution in [2.75, 3.05) is 0 Å². The van der Waals surface area contributed by atoms with E-state index >= 15 is 0 Å². The Labute approximate surface area is 64.2 Å². The van der Waals surface area contributed by atoms with Gasteiger partial charge in [0.15, 0.2) is 0 Å². The normalized spacial score (nSPS) is 10.1. The maximum atomic E-state index is 5.71. The minimum absolute atomic E-state index is 0.528. The summed E-state index contributed by atoms with van der Waals surface area (Å²) in [7, 11) is 1.89. The predicted molar refractivity (Wildman–Crippen MR) is 40.0 cm³/mol. The van der Waals surface area contributed by atoms with Gasteiger partial charge in [-0.3, -0.25) is 0 Å². The van der Waals surface area contributed by atoms with Crippen LogP contribution in [0, 0.1) is 0 Å². The largest absolute Gasteiger partial charge is 0.342 e. The second-order valence-corrected chi connectivity index (χ2v) is 2.57. The molecule has 0 radical (unpaired) electrons. The van der Waals surface area contributed by atoms with E-state index in [2.05, 4.69) is 0 Å². The Kier molecular flexibility index (Phi) is 2.04. The molecule has 0 spiro atoms. The fraction of sp³-hybridized carbons (Fsp3) is 0.333. The molecule has 0 unspecified atom stereocenters. The zero-order valence-corrected chi connectivity index (χ0v) is 6.58. The van der Waals surface area contributed by atoms with Crippen molar-refractivity contribution in [3.63, 3.8) is 0 Å². The first-order chi connectivity index (χ1) is 4.24. The van der Waals surface area contributed by atoms with Gasteiger partial charge in [-0.2, -0.15) is 0 Å². The van der Waals surface area contributed by atoms with Crippen molar-refractivity contribution in [3.05, 3.63) is 23.0 Å². The Bertz CT molecular complexity index is 185. The molecule has 0 amide bonds. The number of hydrogen-bond acceptors (Lipinski definition) is 0. The Hall–Kier alpha value is -0.140. The molecule has 1 aromatic heterocycles. The van der Waals surface area contributed by atoms with Crippen molar-refractivity contribution >= 4 is 23.2 Å². The lowest BCUT2D eigenvalue weighted by atomic mass is 10.4. The summed E-state index contributed by atoms with van der Waals surface area (Å²) in [6, 6.07) is 1.86. The zero-order valence-electron chi connectivity index (χ0n) is 5.06. The summed E-state index contributed by atoms with van der Waals surface area (Å²) in [6.45, 7) is 0. The molecule has 0 aliphatic rings.